The summed E-state index contributed by atoms with van der Waals surface area (Å²) >= 11 is 0. The molecule has 0 aromatic rings. The number of nitrogens with zero attached hydrogens (tertiary/aromatic N) is 2. The Balaban J connectivity index is 2.04. The number of nitrogens with one attached hydrogen (secondary N) is 1. The van der Waals surface area contributed by atoms with Crippen LogP contribution in [-0.2, 0) is 4.74 Å². The van der Waals surface area contributed by atoms with Crippen molar-refractivity contribution in [2.45, 2.75) is 44.2 Å². The van der Waals surface area contributed by atoms with E-state index in [-0.39, 0.29) is 11.6 Å². The van der Waals surface area contributed by atoms with Gasteiger partial charge in [0.1, 0.15) is 5.54 Å². The van der Waals surface area contributed by atoms with E-state index < -0.39 is 0 Å². The second kappa shape index (κ2) is 5.81. The Labute approximate surface area is 104 Å². The first-order valence-corrected chi connectivity index (χ1v) is 6.79. The Kier molecular flexibility index (Phi) is 4.38. The molecule has 4 heteroatoms. The summed E-state index contributed by atoms with van der Waals surface area (Å²) in [5, 5.41) is 13.0. The largest absolute Gasteiger partial charge is 0.378 e. The second-order valence-corrected chi connectivity index (χ2v) is 5.12. The van der Waals surface area contributed by atoms with Crippen molar-refractivity contribution in [3.63, 3.8) is 0 Å². The van der Waals surface area contributed by atoms with E-state index in [1.165, 1.54) is 0 Å². The molecule has 0 aliphatic carbocycles. The highest BCUT2D eigenvalue weighted by Gasteiger charge is 2.42. The molecule has 2 rings (SSSR count). The minimum Gasteiger partial charge on any atom is -0.378 e. The van der Waals surface area contributed by atoms with Crippen molar-refractivity contribution in [3.05, 3.63) is 0 Å². The van der Waals surface area contributed by atoms with Gasteiger partial charge in [-0.2, -0.15) is 5.26 Å². The molecule has 0 bridgehead atoms. The highest BCUT2D eigenvalue weighted by molar-refractivity contribution is 5.11. The van der Waals surface area contributed by atoms with Crippen molar-refractivity contribution < 1.29 is 4.74 Å². The lowest BCUT2D eigenvalue weighted by molar-refractivity contribution is -0.0579. The number of hydrogen-bond acceptors (Lipinski definition) is 4. The Morgan fingerprint density at radius 3 is 2.88 bits per heavy atom. The highest BCUT2D eigenvalue weighted by Crippen LogP contribution is 2.32. The fourth-order valence-corrected chi connectivity index (χ4v) is 2.99. The van der Waals surface area contributed by atoms with Crippen LogP contribution < -0.4 is 5.32 Å². The molecule has 2 aliphatic heterocycles. The average molecular weight is 237 g/mol. The van der Waals surface area contributed by atoms with Crippen LogP contribution in [0.5, 0.6) is 0 Å². The second-order valence-electron chi connectivity index (χ2n) is 5.12. The van der Waals surface area contributed by atoms with Gasteiger partial charge in [-0.3, -0.25) is 4.90 Å². The predicted octanol–water partition coefficient (Wildman–Crippen LogP) is 1.13. The molecule has 4 nitrogen and oxygen atoms in total. The Bertz CT molecular complexity index is 281. The zero-order valence-corrected chi connectivity index (χ0v) is 10.7. The van der Waals surface area contributed by atoms with Crippen LogP contribution in [0.4, 0.5) is 0 Å². The summed E-state index contributed by atoms with van der Waals surface area (Å²) in [6.07, 6.45) is 4.24. The molecule has 0 radical (unpaired) electrons. The summed E-state index contributed by atoms with van der Waals surface area (Å²) in [6, 6.07) is 2.59. The summed E-state index contributed by atoms with van der Waals surface area (Å²) in [5.74, 6) is 0. The van der Waals surface area contributed by atoms with Crippen LogP contribution in [0.3, 0.4) is 0 Å². The van der Waals surface area contributed by atoms with Gasteiger partial charge in [-0.25, -0.2) is 0 Å². The van der Waals surface area contributed by atoms with Crippen LogP contribution in [0.1, 0.15) is 32.6 Å². The molecule has 1 N–H and O–H groups in total. The van der Waals surface area contributed by atoms with Crippen LogP contribution in [0, 0.1) is 11.3 Å². The molecule has 2 aliphatic rings. The highest BCUT2D eigenvalue weighted by atomic mass is 16.5. The molecule has 0 aromatic heterocycles. The van der Waals surface area contributed by atoms with E-state index in [0.29, 0.717) is 0 Å². The first-order valence-electron chi connectivity index (χ1n) is 6.79. The average Bonchev–Trinajstić information content (AvgIpc) is 2.40. The van der Waals surface area contributed by atoms with Gasteiger partial charge in [0.05, 0.1) is 12.2 Å². The number of piperazine rings is 1. The molecule has 2 unspecified atom stereocenters. The molecule has 0 aromatic carbocycles. The van der Waals surface area contributed by atoms with Gasteiger partial charge in [0, 0.05) is 45.6 Å². The predicted molar refractivity (Wildman–Crippen MR) is 66.7 cm³/mol. The normalized spacial score (nSPS) is 35.4. The van der Waals surface area contributed by atoms with E-state index >= 15 is 0 Å². The third kappa shape index (κ3) is 2.79. The van der Waals surface area contributed by atoms with E-state index in [0.717, 1.165) is 58.5 Å². The quantitative estimate of drug-likeness (QED) is 0.799. The summed E-state index contributed by atoms with van der Waals surface area (Å²) in [5.41, 5.74) is -0.264. The van der Waals surface area contributed by atoms with Crippen molar-refractivity contribution in [2.24, 2.45) is 0 Å². The summed E-state index contributed by atoms with van der Waals surface area (Å²) < 4.78 is 5.77. The topological polar surface area (TPSA) is 48.3 Å². The molecule has 0 amide bonds. The molecule has 96 valence electrons. The maximum Gasteiger partial charge on any atom is 0.114 e. The van der Waals surface area contributed by atoms with Gasteiger partial charge in [0.25, 0.3) is 0 Å². The van der Waals surface area contributed by atoms with Crippen molar-refractivity contribution in [2.75, 3.05) is 32.8 Å². The number of nitriles is 1. The zero-order valence-electron chi connectivity index (χ0n) is 10.7. The molecule has 0 spiro atoms. The van der Waals surface area contributed by atoms with E-state index in [9.17, 15) is 5.26 Å². The van der Waals surface area contributed by atoms with Crippen LogP contribution in [-0.4, -0.2) is 49.3 Å². The van der Waals surface area contributed by atoms with Crippen molar-refractivity contribution in [1.29, 1.82) is 5.26 Å². The van der Waals surface area contributed by atoms with Gasteiger partial charge in [0.15, 0.2) is 0 Å². The lowest BCUT2D eigenvalue weighted by Gasteiger charge is -2.45. The molecule has 2 heterocycles. The molecular weight excluding hydrogens is 214 g/mol. The molecule has 17 heavy (non-hydrogen) atoms. The standard InChI is InChI=1S/C13H23N3O/c1-2-3-12-10-13(11-14,4-9-17-12)16-7-5-15-6-8-16/h12,15H,2-10H2,1H3. The smallest absolute Gasteiger partial charge is 0.114 e. The summed E-state index contributed by atoms with van der Waals surface area (Å²) in [4.78, 5) is 2.37. The maximum atomic E-state index is 9.61. The molecule has 0 saturated carbocycles. The van der Waals surface area contributed by atoms with Crippen LogP contribution in [0.2, 0.25) is 0 Å². The molecule has 2 atom stereocenters. The third-order valence-corrected chi connectivity index (χ3v) is 3.98. The zero-order chi connectivity index (χ0) is 12.1. The lowest BCUT2D eigenvalue weighted by atomic mass is 9.84. The minimum atomic E-state index is -0.264. The van der Waals surface area contributed by atoms with Gasteiger partial charge in [-0.05, 0) is 6.42 Å². The molecule has 2 saturated heterocycles. The van der Waals surface area contributed by atoms with Crippen molar-refractivity contribution in [1.82, 2.24) is 10.2 Å². The van der Waals surface area contributed by atoms with E-state index in [1.54, 1.807) is 0 Å². The first-order chi connectivity index (χ1) is 8.30. The first kappa shape index (κ1) is 12.8. The van der Waals surface area contributed by atoms with Gasteiger partial charge in [-0.1, -0.05) is 13.3 Å². The SMILES string of the molecule is CCCC1CC(C#N)(N2CCNCC2)CCO1. The van der Waals surface area contributed by atoms with Crippen molar-refractivity contribution >= 4 is 0 Å². The monoisotopic (exact) mass is 237 g/mol. The molecule has 2 fully saturated rings. The molecular formula is C13H23N3O. The Hall–Kier alpha value is -0.630. The van der Waals surface area contributed by atoms with Gasteiger partial charge in [-0.15, -0.1) is 0 Å². The summed E-state index contributed by atoms with van der Waals surface area (Å²) in [7, 11) is 0. The van der Waals surface area contributed by atoms with Gasteiger partial charge >= 0.3 is 0 Å². The van der Waals surface area contributed by atoms with Gasteiger partial charge < -0.3 is 10.1 Å². The summed E-state index contributed by atoms with van der Waals surface area (Å²) in [6.45, 7) is 6.91. The van der Waals surface area contributed by atoms with E-state index in [4.69, 9.17) is 4.74 Å². The lowest BCUT2D eigenvalue weighted by Crippen LogP contribution is -2.58. The van der Waals surface area contributed by atoms with Crippen LogP contribution in [0.15, 0.2) is 0 Å². The van der Waals surface area contributed by atoms with Gasteiger partial charge in [0.2, 0.25) is 0 Å². The van der Waals surface area contributed by atoms with Crippen LogP contribution >= 0.6 is 0 Å². The fraction of sp³-hybridized carbons (Fsp3) is 0.923. The van der Waals surface area contributed by atoms with E-state index in [2.05, 4.69) is 23.2 Å². The third-order valence-electron chi connectivity index (χ3n) is 3.98. The van der Waals surface area contributed by atoms with Crippen molar-refractivity contribution in [3.8, 4) is 6.07 Å². The number of hydrogen-bond donors (Lipinski definition) is 1. The number of ether oxygens (including phenoxy) is 1. The fourth-order valence-electron chi connectivity index (χ4n) is 2.99. The Morgan fingerprint density at radius 2 is 2.24 bits per heavy atom. The van der Waals surface area contributed by atoms with E-state index in [1.807, 2.05) is 0 Å². The van der Waals surface area contributed by atoms with Crippen LogP contribution in [0.25, 0.3) is 0 Å². The Morgan fingerprint density at radius 1 is 1.47 bits per heavy atom. The number of rotatable bonds is 3. The maximum absolute atomic E-state index is 9.61. The minimum absolute atomic E-state index is 0.264.